The lowest BCUT2D eigenvalue weighted by Gasteiger charge is -2.25. The number of fused-ring (bicyclic) bond motifs is 1. The monoisotopic (exact) mass is 514 g/mol. The Bertz CT molecular complexity index is 823. The molecule has 9 heteroatoms. The number of methoxy groups -OCH3 is 1. The van der Waals surface area contributed by atoms with Crippen molar-refractivity contribution in [2.75, 3.05) is 20.3 Å². The fourth-order valence-electron chi connectivity index (χ4n) is 3.35. The number of aliphatic imine (C=N–C) groups is 1. The quantitative estimate of drug-likeness (QED) is 0.336. The number of aryl methyl sites for hydroxylation is 2. The predicted octanol–water partition coefficient (Wildman–Crippen LogP) is 3.20. The Balaban J connectivity index is 0.00000300. The zero-order valence-corrected chi connectivity index (χ0v) is 19.9. The minimum atomic E-state index is 0. The first-order valence-electron chi connectivity index (χ1n) is 9.90. The molecule has 0 saturated carbocycles. The average molecular weight is 514 g/mol. The smallest absolute Gasteiger partial charge is 0.192 e. The number of aromatic nitrogens is 3. The maximum Gasteiger partial charge on any atom is 0.192 e. The minimum absolute atomic E-state index is 0. The Hall–Kier alpha value is -2.04. The normalized spacial score (nSPS) is 15.9. The van der Waals surface area contributed by atoms with Gasteiger partial charge in [0.1, 0.15) is 11.6 Å². The summed E-state index contributed by atoms with van der Waals surface area (Å²) >= 11 is 0. The van der Waals surface area contributed by atoms with Crippen molar-refractivity contribution in [2.24, 2.45) is 4.99 Å². The predicted molar refractivity (Wildman–Crippen MR) is 124 cm³/mol. The van der Waals surface area contributed by atoms with Gasteiger partial charge in [0.2, 0.25) is 0 Å². The molecule has 29 heavy (non-hydrogen) atoms. The van der Waals surface area contributed by atoms with Gasteiger partial charge in [-0.2, -0.15) is 5.10 Å². The van der Waals surface area contributed by atoms with Gasteiger partial charge in [-0.15, -0.1) is 24.0 Å². The van der Waals surface area contributed by atoms with E-state index >= 15 is 0 Å². The number of guanidine groups is 1. The molecule has 1 aliphatic rings. The summed E-state index contributed by atoms with van der Waals surface area (Å²) in [7, 11) is 1.65. The molecule has 1 aromatic heterocycles. The third kappa shape index (κ3) is 5.97. The summed E-state index contributed by atoms with van der Waals surface area (Å²) < 4.78 is 13.0. The van der Waals surface area contributed by atoms with E-state index in [2.05, 4.69) is 27.6 Å². The standard InChI is InChI=1S/C20H30N6O2.HI/c1-5-21-20(24-16-8-7-11-26-19(16)23-14(3)25-26)22-13-15-9-10-17(27-4)18(12-15)28-6-2;/h9-10,12,16H,5-8,11,13H2,1-4H3,(H2,21,22,24);1H. The molecule has 0 aliphatic carbocycles. The van der Waals surface area contributed by atoms with Gasteiger partial charge in [-0.1, -0.05) is 6.07 Å². The van der Waals surface area contributed by atoms with Crippen LogP contribution in [0.5, 0.6) is 11.5 Å². The summed E-state index contributed by atoms with van der Waals surface area (Å²) in [6.07, 6.45) is 2.09. The highest BCUT2D eigenvalue weighted by atomic mass is 127. The van der Waals surface area contributed by atoms with Crippen LogP contribution in [-0.4, -0.2) is 41.0 Å². The van der Waals surface area contributed by atoms with Crippen LogP contribution in [0.3, 0.4) is 0 Å². The van der Waals surface area contributed by atoms with E-state index in [0.29, 0.717) is 13.2 Å². The maximum absolute atomic E-state index is 5.66. The van der Waals surface area contributed by atoms with Crippen molar-refractivity contribution in [1.82, 2.24) is 25.4 Å². The Labute approximate surface area is 189 Å². The summed E-state index contributed by atoms with van der Waals surface area (Å²) in [5, 5.41) is 11.3. The summed E-state index contributed by atoms with van der Waals surface area (Å²) in [5.41, 5.74) is 1.06. The summed E-state index contributed by atoms with van der Waals surface area (Å²) in [5.74, 6) is 4.04. The highest BCUT2D eigenvalue weighted by molar-refractivity contribution is 14.0. The first kappa shape index (κ1) is 23.2. The summed E-state index contributed by atoms with van der Waals surface area (Å²) in [6.45, 7) is 8.80. The molecule has 2 heterocycles. The molecule has 0 spiro atoms. The Morgan fingerprint density at radius 3 is 2.86 bits per heavy atom. The number of benzene rings is 1. The fourth-order valence-corrected chi connectivity index (χ4v) is 3.35. The van der Waals surface area contributed by atoms with Crippen molar-refractivity contribution in [1.29, 1.82) is 0 Å². The van der Waals surface area contributed by atoms with Crippen molar-refractivity contribution in [3.63, 3.8) is 0 Å². The highest BCUT2D eigenvalue weighted by Gasteiger charge is 2.24. The van der Waals surface area contributed by atoms with Gasteiger partial charge in [0.25, 0.3) is 0 Å². The summed E-state index contributed by atoms with van der Waals surface area (Å²) in [4.78, 5) is 9.35. The lowest BCUT2D eigenvalue weighted by Crippen LogP contribution is -2.41. The van der Waals surface area contributed by atoms with Gasteiger partial charge >= 0.3 is 0 Å². The molecule has 1 aliphatic heterocycles. The number of nitrogens with one attached hydrogen (secondary N) is 2. The van der Waals surface area contributed by atoms with Crippen molar-refractivity contribution in [3.8, 4) is 11.5 Å². The Morgan fingerprint density at radius 2 is 2.14 bits per heavy atom. The SMILES string of the molecule is CCNC(=NCc1ccc(OC)c(OCC)c1)NC1CCCn2nc(C)nc21.I. The van der Waals surface area contributed by atoms with Crippen molar-refractivity contribution in [2.45, 2.75) is 52.7 Å². The molecule has 0 fully saturated rings. The summed E-state index contributed by atoms with van der Waals surface area (Å²) in [6, 6.07) is 6.02. The van der Waals surface area contributed by atoms with Gasteiger partial charge in [-0.05, 0) is 51.3 Å². The van der Waals surface area contributed by atoms with Crippen molar-refractivity contribution in [3.05, 3.63) is 35.4 Å². The number of hydrogen-bond donors (Lipinski definition) is 2. The van der Waals surface area contributed by atoms with Gasteiger partial charge < -0.3 is 20.1 Å². The van der Waals surface area contributed by atoms with Gasteiger partial charge in [0, 0.05) is 13.1 Å². The topological polar surface area (TPSA) is 85.6 Å². The number of ether oxygens (including phenoxy) is 2. The lowest BCUT2D eigenvalue weighted by atomic mass is 10.1. The number of hydrogen-bond acceptors (Lipinski definition) is 5. The van der Waals surface area contributed by atoms with Crippen LogP contribution >= 0.6 is 24.0 Å². The molecule has 3 rings (SSSR count). The van der Waals surface area contributed by atoms with Gasteiger partial charge in [-0.25, -0.2) is 14.7 Å². The third-order valence-corrected chi connectivity index (χ3v) is 4.58. The highest BCUT2D eigenvalue weighted by Crippen LogP contribution is 2.28. The van der Waals surface area contributed by atoms with E-state index in [9.17, 15) is 0 Å². The molecule has 2 aromatic rings. The van der Waals surface area contributed by atoms with E-state index < -0.39 is 0 Å². The maximum atomic E-state index is 5.66. The molecule has 0 saturated heterocycles. The Kier molecular flexibility index (Phi) is 8.99. The number of rotatable bonds is 7. The molecule has 160 valence electrons. The zero-order chi connectivity index (χ0) is 19.9. The number of halogens is 1. The van der Waals surface area contributed by atoms with Crippen LogP contribution in [0.1, 0.15) is 49.9 Å². The van der Waals surface area contributed by atoms with Crippen LogP contribution in [-0.2, 0) is 13.1 Å². The second-order valence-electron chi connectivity index (χ2n) is 6.69. The van der Waals surface area contributed by atoms with Gasteiger partial charge in [0.15, 0.2) is 17.5 Å². The molecule has 2 N–H and O–H groups in total. The van der Waals surface area contributed by atoms with E-state index in [1.165, 1.54) is 0 Å². The van der Waals surface area contributed by atoms with Crippen LogP contribution < -0.4 is 20.1 Å². The van der Waals surface area contributed by atoms with E-state index in [1.807, 2.05) is 36.7 Å². The first-order chi connectivity index (χ1) is 13.6. The number of nitrogens with zero attached hydrogens (tertiary/aromatic N) is 4. The third-order valence-electron chi connectivity index (χ3n) is 4.58. The molecular formula is C20H31IN6O2. The van der Waals surface area contributed by atoms with Crippen molar-refractivity contribution >= 4 is 29.9 Å². The van der Waals surface area contributed by atoms with E-state index in [-0.39, 0.29) is 30.0 Å². The molecule has 0 radical (unpaired) electrons. The van der Waals surface area contributed by atoms with Crippen molar-refractivity contribution < 1.29 is 9.47 Å². The minimum Gasteiger partial charge on any atom is -0.493 e. The van der Waals surface area contributed by atoms with E-state index in [4.69, 9.17) is 14.5 Å². The fraction of sp³-hybridized carbons (Fsp3) is 0.550. The molecule has 0 bridgehead atoms. The van der Waals surface area contributed by atoms with E-state index in [0.717, 1.165) is 60.6 Å². The first-order valence-corrected chi connectivity index (χ1v) is 9.90. The molecule has 0 amide bonds. The average Bonchev–Trinajstić information content (AvgIpc) is 3.08. The van der Waals surface area contributed by atoms with Crippen LogP contribution in [0.25, 0.3) is 0 Å². The van der Waals surface area contributed by atoms with Crippen LogP contribution in [0.4, 0.5) is 0 Å². The molecule has 8 nitrogen and oxygen atoms in total. The van der Waals surface area contributed by atoms with Crippen LogP contribution in [0.2, 0.25) is 0 Å². The van der Waals surface area contributed by atoms with Gasteiger partial charge in [-0.3, -0.25) is 0 Å². The second-order valence-corrected chi connectivity index (χ2v) is 6.69. The molecular weight excluding hydrogens is 483 g/mol. The largest absolute Gasteiger partial charge is 0.493 e. The lowest BCUT2D eigenvalue weighted by molar-refractivity contribution is 0.310. The van der Waals surface area contributed by atoms with E-state index in [1.54, 1.807) is 7.11 Å². The van der Waals surface area contributed by atoms with Crippen LogP contribution in [0.15, 0.2) is 23.2 Å². The second kappa shape index (κ2) is 11.2. The molecule has 1 unspecified atom stereocenters. The van der Waals surface area contributed by atoms with Gasteiger partial charge in [0.05, 0.1) is 26.3 Å². The Morgan fingerprint density at radius 1 is 1.31 bits per heavy atom. The molecule has 1 atom stereocenters. The molecule has 1 aromatic carbocycles. The zero-order valence-electron chi connectivity index (χ0n) is 17.6. The van der Waals surface area contributed by atoms with Crippen LogP contribution in [0, 0.1) is 6.92 Å².